The van der Waals surface area contributed by atoms with E-state index in [9.17, 15) is 13.2 Å². The molecule has 0 aliphatic carbocycles. The minimum atomic E-state index is -4.24. The van der Waals surface area contributed by atoms with Crippen LogP contribution < -0.4 is 5.32 Å². The highest BCUT2D eigenvalue weighted by Crippen LogP contribution is 2.44. The fraction of sp³-hybridized carbons (Fsp3) is 0.444. The van der Waals surface area contributed by atoms with Crippen molar-refractivity contribution in [2.45, 2.75) is 24.5 Å². The molecule has 0 amide bonds. The zero-order valence-electron chi connectivity index (χ0n) is 8.53. The van der Waals surface area contributed by atoms with Crippen molar-refractivity contribution in [3.05, 3.63) is 16.5 Å². The molecular weight excluding hydrogens is 296 g/mol. The van der Waals surface area contributed by atoms with Crippen LogP contribution in [0, 0.1) is 0 Å². The number of nitrogens with zero attached hydrogens (tertiary/aromatic N) is 1. The van der Waals surface area contributed by atoms with E-state index in [0.29, 0.717) is 10.6 Å². The highest BCUT2D eigenvalue weighted by atomic mass is 35.5. The second-order valence-electron chi connectivity index (χ2n) is 3.75. The van der Waals surface area contributed by atoms with Crippen molar-refractivity contribution in [2.75, 3.05) is 0 Å². The van der Waals surface area contributed by atoms with Gasteiger partial charge in [0, 0.05) is 10.4 Å². The fourth-order valence-electron chi connectivity index (χ4n) is 1.51. The van der Waals surface area contributed by atoms with E-state index in [2.05, 4.69) is 10.3 Å². The zero-order valence-corrected chi connectivity index (χ0v) is 10.9. The predicted octanol–water partition coefficient (Wildman–Crippen LogP) is 4.09. The zero-order chi connectivity index (χ0) is 12.8. The van der Waals surface area contributed by atoms with Gasteiger partial charge in [-0.1, -0.05) is 11.6 Å². The Kier molecular flexibility index (Phi) is 3.08. The normalized spacial score (nSPS) is 24.0. The van der Waals surface area contributed by atoms with Crippen LogP contribution in [0.5, 0.6) is 0 Å². The maximum absolute atomic E-state index is 12.3. The van der Waals surface area contributed by atoms with Gasteiger partial charge in [0.2, 0.25) is 0 Å². The van der Waals surface area contributed by atoms with E-state index >= 15 is 0 Å². The molecule has 1 atom stereocenters. The molecule has 0 spiro atoms. The van der Waals surface area contributed by atoms with E-state index in [1.165, 1.54) is 6.07 Å². The summed E-state index contributed by atoms with van der Waals surface area (Å²) < 4.78 is 36.8. The lowest BCUT2D eigenvalue weighted by Gasteiger charge is -2.26. The van der Waals surface area contributed by atoms with Gasteiger partial charge in [-0.05, 0) is 24.6 Å². The molecule has 0 radical (unpaired) electrons. The average Bonchev–Trinajstić information content (AvgIpc) is 2.42. The SMILES string of the molecule is CC1(Cl)NC(Cl)=Nc2sc(CC(F)(F)F)cc21. The Labute approximate surface area is 109 Å². The lowest BCUT2D eigenvalue weighted by molar-refractivity contribution is -0.126. The van der Waals surface area contributed by atoms with E-state index in [-0.39, 0.29) is 10.2 Å². The van der Waals surface area contributed by atoms with Crippen LogP contribution in [0.2, 0.25) is 0 Å². The molecular formula is C9H7Cl2F3N2S. The van der Waals surface area contributed by atoms with Crippen LogP contribution in [-0.4, -0.2) is 11.5 Å². The molecule has 0 saturated carbocycles. The van der Waals surface area contributed by atoms with Gasteiger partial charge >= 0.3 is 6.18 Å². The lowest BCUT2D eigenvalue weighted by atomic mass is 10.1. The Bertz CT molecular complexity index is 479. The molecule has 8 heteroatoms. The summed E-state index contributed by atoms with van der Waals surface area (Å²) >= 11 is 12.8. The molecule has 2 rings (SSSR count). The molecule has 1 aliphatic rings. The first-order valence-electron chi connectivity index (χ1n) is 4.58. The molecule has 2 nitrogen and oxygen atoms in total. The van der Waals surface area contributed by atoms with Crippen LogP contribution in [0.25, 0.3) is 0 Å². The molecule has 0 aromatic carbocycles. The van der Waals surface area contributed by atoms with Crippen LogP contribution in [-0.2, 0) is 11.4 Å². The van der Waals surface area contributed by atoms with Gasteiger partial charge in [-0.3, -0.25) is 0 Å². The van der Waals surface area contributed by atoms with Crippen molar-refractivity contribution in [1.82, 2.24) is 5.32 Å². The number of fused-ring (bicyclic) bond motifs is 1. The molecule has 0 fully saturated rings. The van der Waals surface area contributed by atoms with E-state index in [0.717, 1.165) is 11.3 Å². The number of aliphatic imine (C=N–C) groups is 1. The molecule has 1 aromatic heterocycles. The van der Waals surface area contributed by atoms with Crippen LogP contribution in [0.3, 0.4) is 0 Å². The van der Waals surface area contributed by atoms with Crippen molar-refractivity contribution < 1.29 is 13.2 Å². The Morgan fingerprint density at radius 2 is 2.18 bits per heavy atom. The highest BCUT2D eigenvalue weighted by Gasteiger charge is 2.35. The molecule has 2 heterocycles. The number of halogens is 5. The number of nitrogens with one attached hydrogen (secondary N) is 1. The van der Waals surface area contributed by atoms with Crippen LogP contribution in [0.15, 0.2) is 11.1 Å². The van der Waals surface area contributed by atoms with Gasteiger partial charge < -0.3 is 5.32 Å². The summed E-state index contributed by atoms with van der Waals surface area (Å²) in [5, 5.41) is 3.20. The summed E-state index contributed by atoms with van der Waals surface area (Å²) in [5.74, 6) is 0. The van der Waals surface area contributed by atoms with Gasteiger partial charge in [-0.15, -0.1) is 11.3 Å². The van der Waals surface area contributed by atoms with Gasteiger partial charge in [0.25, 0.3) is 0 Å². The van der Waals surface area contributed by atoms with Gasteiger partial charge in [0.1, 0.15) is 10.00 Å². The van der Waals surface area contributed by atoms with Crippen molar-refractivity contribution in [1.29, 1.82) is 0 Å². The molecule has 1 aliphatic heterocycles. The summed E-state index contributed by atoms with van der Waals surface area (Å²) in [5.41, 5.74) is 0.521. The van der Waals surface area contributed by atoms with E-state index in [1.807, 2.05) is 0 Å². The molecule has 1 aromatic rings. The van der Waals surface area contributed by atoms with E-state index in [1.54, 1.807) is 6.92 Å². The van der Waals surface area contributed by atoms with Gasteiger partial charge in [0.15, 0.2) is 5.29 Å². The smallest absolute Gasteiger partial charge is 0.338 e. The van der Waals surface area contributed by atoms with Gasteiger partial charge in [0.05, 0.1) is 6.42 Å². The van der Waals surface area contributed by atoms with Crippen molar-refractivity contribution >= 4 is 44.8 Å². The maximum atomic E-state index is 12.3. The molecule has 94 valence electrons. The fourth-order valence-corrected chi connectivity index (χ4v) is 3.35. The average molecular weight is 303 g/mol. The minimum absolute atomic E-state index is 0.0791. The second-order valence-corrected chi connectivity index (χ2v) is 5.98. The van der Waals surface area contributed by atoms with Crippen LogP contribution >= 0.6 is 34.5 Å². The first kappa shape index (κ1) is 13.0. The summed E-state index contributed by atoms with van der Waals surface area (Å²) in [6, 6.07) is 1.42. The number of thiophene rings is 1. The third kappa shape index (κ3) is 2.86. The third-order valence-corrected chi connectivity index (χ3v) is 3.69. The molecule has 0 bridgehead atoms. The first-order valence-corrected chi connectivity index (χ1v) is 6.16. The molecule has 17 heavy (non-hydrogen) atoms. The van der Waals surface area contributed by atoms with Crippen molar-refractivity contribution in [3.63, 3.8) is 0 Å². The number of hydrogen-bond donors (Lipinski definition) is 1. The second kappa shape index (κ2) is 4.03. The first-order chi connectivity index (χ1) is 7.67. The predicted molar refractivity (Wildman–Crippen MR) is 63.4 cm³/mol. The number of amidine groups is 1. The highest BCUT2D eigenvalue weighted by molar-refractivity contribution is 7.16. The molecule has 0 saturated heterocycles. The molecule has 1 unspecified atom stereocenters. The van der Waals surface area contributed by atoms with Crippen LogP contribution in [0.4, 0.5) is 18.2 Å². The minimum Gasteiger partial charge on any atom is -0.338 e. The quantitative estimate of drug-likeness (QED) is 0.613. The summed E-state index contributed by atoms with van der Waals surface area (Å²) in [4.78, 5) is 3.08. The summed E-state index contributed by atoms with van der Waals surface area (Å²) in [6.45, 7) is 1.62. The van der Waals surface area contributed by atoms with Gasteiger partial charge in [-0.2, -0.15) is 13.2 Å². The Morgan fingerprint density at radius 1 is 1.53 bits per heavy atom. The number of alkyl halides is 4. The number of hydrogen-bond acceptors (Lipinski definition) is 3. The standard InChI is InChI=1S/C9H7Cl2F3N2S/c1-8(11)5-2-4(3-9(12,13)14)17-6(5)15-7(10)16-8/h2H,3H2,1H3,(H,15,16). The van der Waals surface area contributed by atoms with Crippen molar-refractivity contribution in [3.8, 4) is 0 Å². The molecule has 1 N–H and O–H groups in total. The maximum Gasteiger partial charge on any atom is 0.393 e. The van der Waals surface area contributed by atoms with Gasteiger partial charge in [-0.25, -0.2) is 4.99 Å². The Balaban J connectivity index is 2.39. The van der Waals surface area contributed by atoms with E-state index < -0.39 is 17.6 Å². The largest absolute Gasteiger partial charge is 0.393 e. The van der Waals surface area contributed by atoms with E-state index in [4.69, 9.17) is 23.2 Å². The topological polar surface area (TPSA) is 24.4 Å². The monoisotopic (exact) mass is 302 g/mol. The van der Waals surface area contributed by atoms with Crippen molar-refractivity contribution in [2.24, 2.45) is 4.99 Å². The summed E-state index contributed by atoms with van der Waals surface area (Å²) in [6.07, 6.45) is -5.22. The summed E-state index contributed by atoms with van der Waals surface area (Å²) in [7, 11) is 0. The Hall–Kier alpha value is -0.460. The lowest BCUT2D eigenvalue weighted by Crippen LogP contribution is -2.38. The van der Waals surface area contributed by atoms with Crippen LogP contribution in [0.1, 0.15) is 17.4 Å². The Morgan fingerprint density at radius 3 is 2.76 bits per heavy atom. The number of rotatable bonds is 1. The third-order valence-electron chi connectivity index (χ3n) is 2.18.